The number of aliphatic hydroxyl groups excluding tert-OH is 1. The number of nitrogens with zero attached hydrogens (tertiary/aromatic N) is 6. The van der Waals surface area contributed by atoms with Gasteiger partial charge >= 0.3 is 6.18 Å². The van der Waals surface area contributed by atoms with Crippen LogP contribution in [0.4, 0.5) is 30.6 Å². The van der Waals surface area contributed by atoms with Gasteiger partial charge in [-0.1, -0.05) is 6.07 Å². The van der Waals surface area contributed by atoms with Crippen LogP contribution in [0.15, 0.2) is 30.7 Å². The van der Waals surface area contributed by atoms with E-state index in [1.165, 1.54) is 12.3 Å². The summed E-state index contributed by atoms with van der Waals surface area (Å²) in [6.07, 6.45) is -0.953. The summed E-state index contributed by atoms with van der Waals surface area (Å²) in [6.45, 7) is 10.3. The molecule has 0 bridgehead atoms. The summed E-state index contributed by atoms with van der Waals surface area (Å²) in [5, 5.41) is 21.4. The fraction of sp³-hybridized carbons (Fsp3) is 0.520. The van der Waals surface area contributed by atoms with Crippen LogP contribution >= 0.6 is 0 Å². The molecule has 0 radical (unpaired) electrons. The Morgan fingerprint density at radius 2 is 1.89 bits per heavy atom. The zero-order valence-corrected chi connectivity index (χ0v) is 22.2. The zero-order valence-electron chi connectivity index (χ0n) is 22.2. The van der Waals surface area contributed by atoms with Crippen molar-refractivity contribution < 1.29 is 23.0 Å². The maximum Gasteiger partial charge on any atom is 0.433 e. The quantitative estimate of drug-likeness (QED) is 0.417. The lowest BCUT2D eigenvalue weighted by molar-refractivity contribution is -0.141. The Labute approximate surface area is 219 Å². The van der Waals surface area contributed by atoms with Gasteiger partial charge in [-0.2, -0.15) is 23.3 Å². The van der Waals surface area contributed by atoms with Crippen LogP contribution in [0.1, 0.15) is 50.2 Å². The monoisotopic (exact) mass is 534 g/mol. The maximum atomic E-state index is 12.7. The molecule has 0 saturated heterocycles. The van der Waals surface area contributed by atoms with Crippen LogP contribution in [-0.4, -0.2) is 60.9 Å². The standard InChI is InChI=1S/C25H33F3N8O2/c1-14-19-21(35(6)20(22(37)33-19)15(2)38-24(3,4)5)34-23(32-14)30-10-17-11-31-36(13-17)12-16-7-8-18(29-9-16)25(26,27)28/h7-9,11,13,15,20,22,33,37H,10,12H2,1-6H3,(H,30,32,34)/t15-,20+,22?/m1/s1. The molecule has 1 unspecified atom stereocenters. The van der Waals surface area contributed by atoms with Crippen molar-refractivity contribution in [3.8, 4) is 0 Å². The Balaban J connectivity index is 1.43. The second-order valence-electron chi connectivity index (χ2n) is 10.4. The average Bonchev–Trinajstić information content (AvgIpc) is 3.24. The van der Waals surface area contributed by atoms with E-state index >= 15 is 0 Å². The van der Waals surface area contributed by atoms with E-state index in [2.05, 4.69) is 30.7 Å². The molecule has 0 saturated carbocycles. The number of aryl methyl sites for hydroxylation is 1. The van der Waals surface area contributed by atoms with Gasteiger partial charge in [0.1, 0.15) is 23.7 Å². The van der Waals surface area contributed by atoms with Gasteiger partial charge < -0.3 is 25.4 Å². The summed E-state index contributed by atoms with van der Waals surface area (Å²) in [6, 6.07) is 1.98. The number of fused-ring (bicyclic) bond motifs is 1. The van der Waals surface area contributed by atoms with Gasteiger partial charge in [0.15, 0.2) is 5.82 Å². The summed E-state index contributed by atoms with van der Waals surface area (Å²) in [5.74, 6) is 1.05. The first kappa shape index (κ1) is 27.6. The van der Waals surface area contributed by atoms with Gasteiger partial charge in [-0.25, -0.2) is 4.98 Å². The molecular weight excluding hydrogens is 501 g/mol. The molecule has 0 aromatic carbocycles. The summed E-state index contributed by atoms with van der Waals surface area (Å²) in [4.78, 5) is 14.6. The summed E-state index contributed by atoms with van der Waals surface area (Å²) < 4.78 is 45.9. The predicted molar refractivity (Wildman–Crippen MR) is 137 cm³/mol. The SMILES string of the molecule is Cc1nc(NCc2cnn(Cc3ccc(C(F)(F)F)nc3)c2)nc2c1NC(O)[C@H]([C@@H](C)OC(C)(C)C)N2C. The van der Waals surface area contributed by atoms with E-state index < -0.39 is 18.1 Å². The number of alkyl halides is 3. The Morgan fingerprint density at radius 3 is 2.53 bits per heavy atom. The average molecular weight is 535 g/mol. The molecule has 0 aliphatic carbocycles. The van der Waals surface area contributed by atoms with E-state index in [0.717, 1.165) is 11.6 Å². The minimum absolute atomic E-state index is 0.284. The summed E-state index contributed by atoms with van der Waals surface area (Å²) in [5.41, 5.74) is 1.48. The van der Waals surface area contributed by atoms with Crippen LogP contribution in [-0.2, 0) is 24.0 Å². The number of hydrogen-bond acceptors (Lipinski definition) is 9. The number of hydrogen-bond donors (Lipinski definition) is 3. The van der Waals surface area contributed by atoms with Gasteiger partial charge in [0.25, 0.3) is 0 Å². The van der Waals surface area contributed by atoms with Crippen LogP contribution in [0.5, 0.6) is 0 Å². The van der Waals surface area contributed by atoms with E-state index in [9.17, 15) is 18.3 Å². The van der Waals surface area contributed by atoms with Crippen LogP contribution < -0.4 is 15.5 Å². The number of aliphatic hydroxyl groups is 1. The second-order valence-corrected chi connectivity index (χ2v) is 10.4. The molecule has 206 valence electrons. The normalized spacial score (nSPS) is 18.6. The van der Waals surface area contributed by atoms with E-state index in [1.807, 2.05) is 46.6 Å². The number of ether oxygens (including phenoxy) is 1. The molecule has 4 heterocycles. The predicted octanol–water partition coefficient (Wildman–Crippen LogP) is 3.81. The molecule has 0 spiro atoms. The van der Waals surface area contributed by atoms with E-state index in [-0.39, 0.29) is 24.3 Å². The summed E-state index contributed by atoms with van der Waals surface area (Å²) >= 11 is 0. The largest absolute Gasteiger partial charge is 0.433 e. The molecule has 0 fully saturated rings. The third-order valence-electron chi connectivity index (χ3n) is 6.09. The van der Waals surface area contributed by atoms with E-state index in [1.54, 1.807) is 17.1 Å². The Morgan fingerprint density at radius 1 is 1.16 bits per heavy atom. The first-order valence-corrected chi connectivity index (χ1v) is 12.2. The fourth-order valence-corrected chi connectivity index (χ4v) is 4.48. The minimum atomic E-state index is -4.47. The van der Waals surface area contributed by atoms with Crippen LogP contribution in [0.25, 0.3) is 0 Å². The van der Waals surface area contributed by atoms with Crippen molar-refractivity contribution in [1.82, 2.24) is 24.7 Å². The minimum Gasteiger partial charge on any atom is -0.371 e. The molecule has 3 N–H and O–H groups in total. The fourth-order valence-electron chi connectivity index (χ4n) is 4.48. The van der Waals surface area contributed by atoms with E-state index in [4.69, 9.17) is 4.74 Å². The smallest absolute Gasteiger partial charge is 0.371 e. The lowest BCUT2D eigenvalue weighted by atomic mass is 10.0. The number of halogens is 3. The topological polar surface area (TPSA) is 113 Å². The van der Waals surface area contributed by atoms with Crippen molar-refractivity contribution in [2.75, 3.05) is 22.6 Å². The first-order chi connectivity index (χ1) is 17.7. The van der Waals surface area contributed by atoms with Gasteiger partial charge in [-0.3, -0.25) is 9.67 Å². The Kier molecular flexibility index (Phi) is 7.53. The highest BCUT2D eigenvalue weighted by Gasteiger charge is 2.39. The molecule has 1 aliphatic heterocycles. The van der Waals surface area contributed by atoms with Gasteiger partial charge in [0.05, 0.1) is 30.1 Å². The van der Waals surface area contributed by atoms with Crippen molar-refractivity contribution in [2.24, 2.45) is 0 Å². The summed E-state index contributed by atoms with van der Waals surface area (Å²) in [7, 11) is 1.87. The molecule has 3 aromatic heterocycles. The Bertz CT molecular complexity index is 1260. The molecule has 38 heavy (non-hydrogen) atoms. The molecule has 3 atom stereocenters. The number of likely N-dealkylation sites (N-methyl/N-ethyl adjacent to an activating group) is 1. The Hall–Kier alpha value is -3.45. The maximum absolute atomic E-state index is 12.7. The van der Waals surface area contributed by atoms with Crippen molar-refractivity contribution in [3.05, 3.63) is 53.2 Å². The molecule has 4 rings (SSSR count). The van der Waals surface area contributed by atoms with Crippen LogP contribution in [0.2, 0.25) is 0 Å². The number of aromatic nitrogens is 5. The molecule has 0 amide bonds. The lowest BCUT2D eigenvalue weighted by Crippen LogP contribution is -2.56. The molecule has 13 heteroatoms. The van der Waals surface area contributed by atoms with Crippen molar-refractivity contribution in [3.63, 3.8) is 0 Å². The number of nitrogens with one attached hydrogen (secondary N) is 2. The van der Waals surface area contributed by atoms with Gasteiger partial charge in [-0.15, -0.1) is 0 Å². The molecule has 1 aliphatic rings. The van der Waals surface area contributed by atoms with Crippen LogP contribution in [0, 0.1) is 6.92 Å². The van der Waals surface area contributed by atoms with Gasteiger partial charge in [-0.05, 0) is 46.2 Å². The van der Waals surface area contributed by atoms with Crippen molar-refractivity contribution >= 4 is 17.5 Å². The second kappa shape index (κ2) is 10.4. The van der Waals surface area contributed by atoms with Crippen molar-refractivity contribution in [1.29, 1.82) is 0 Å². The highest BCUT2D eigenvalue weighted by molar-refractivity contribution is 5.72. The van der Waals surface area contributed by atoms with Crippen molar-refractivity contribution in [2.45, 2.75) is 77.9 Å². The number of rotatable bonds is 7. The van der Waals surface area contributed by atoms with E-state index in [0.29, 0.717) is 35.3 Å². The molecule has 3 aromatic rings. The van der Waals surface area contributed by atoms with Gasteiger partial charge in [0.2, 0.25) is 5.95 Å². The lowest BCUT2D eigenvalue weighted by Gasteiger charge is -2.43. The van der Waals surface area contributed by atoms with Gasteiger partial charge in [0, 0.05) is 31.5 Å². The third kappa shape index (κ3) is 6.33. The first-order valence-electron chi connectivity index (χ1n) is 12.2. The molecule has 10 nitrogen and oxygen atoms in total. The van der Waals surface area contributed by atoms with Crippen LogP contribution in [0.3, 0.4) is 0 Å². The zero-order chi connectivity index (χ0) is 27.8. The molecular formula is C25H33F3N8O2. The highest BCUT2D eigenvalue weighted by Crippen LogP contribution is 2.35. The third-order valence-corrected chi connectivity index (χ3v) is 6.09. The number of anilines is 3. The number of pyridine rings is 1. The highest BCUT2D eigenvalue weighted by atomic mass is 19.4.